The van der Waals surface area contributed by atoms with Gasteiger partial charge in [-0.15, -0.1) is 0 Å². The van der Waals surface area contributed by atoms with Gasteiger partial charge in [0.2, 0.25) is 0 Å². The molecular formula is C15H29NO2. The van der Waals surface area contributed by atoms with E-state index in [1.165, 1.54) is 38.6 Å². The van der Waals surface area contributed by atoms with E-state index in [1.807, 2.05) is 0 Å². The lowest BCUT2D eigenvalue weighted by atomic mass is 9.86. The lowest BCUT2D eigenvalue weighted by molar-refractivity contribution is -0.0177. The smallest absolute Gasteiger partial charge is 0.0702 e. The Bertz CT molecular complexity index is 235. The van der Waals surface area contributed by atoms with Crippen molar-refractivity contribution in [3.63, 3.8) is 0 Å². The van der Waals surface area contributed by atoms with Crippen molar-refractivity contribution < 1.29 is 9.84 Å². The van der Waals surface area contributed by atoms with E-state index in [1.54, 1.807) is 0 Å². The van der Waals surface area contributed by atoms with Gasteiger partial charge in [-0.2, -0.15) is 0 Å². The summed E-state index contributed by atoms with van der Waals surface area (Å²) in [5.41, 5.74) is 0. The molecule has 18 heavy (non-hydrogen) atoms. The summed E-state index contributed by atoms with van der Waals surface area (Å²) in [6.07, 6.45) is 8.66. The molecule has 1 aliphatic heterocycles. The molecule has 0 spiro atoms. The van der Waals surface area contributed by atoms with Gasteiger partial charge >= 0.3 is 0 Å². The molecule has 0 bridgehead atoms. The molecule has 1 N–H and O–H groups in total. The van der Waals surface area contributed by atoms with E-state index in [9.17, 15) is 5.11 Å². The van der Waals surface area contributed by atoms with Crippen LogP contribution in [-0.2, 0) is 4.74 Å². The van der Waals surface area contributed by atoms with E-state index >= 15 is 0 Å². The number of nitrogens with zero attached hydrogens (tertiary/aromatic N) is 1. The number of hydrogen-bond donors (Lipinski definition) is 1. The second-order valence-electron chi connectivity index (χ2n) is 6.01. The topological polar surface area (TPSA) is 32.7 Å². The molecule has 3 nitrogen and oxygen atoms in total. The number of ether oxygens (including phenoxy) is 1. The average molecular weight is 255 g/mol. The number of rotatable bonds is 5. The summed E-state index contributed by atoms with van der Waals surface area (Å²) < 4.78 is 5.87. The highest BCUT2D eigenvalue weighted by molar-refractivity contribution is 4.81. The number of likely N-dealkylation sites (tertiary alicyclic amines) is 1. The molecule has 0 aromatic heterocycles. The van der Waals surface area contributed by atoms with Crippen LogP contribution in [0, 0.1) is 5.92 Å². The number of piperidine rings is 1. The summed E-state index contributed by atoms with van der Waals surface area (Å²) >= 11 is 0. The van der Waals surface area contributed by atoms with Gasteiger partial charge in [-0.1, -0.05) is 19.8 Å². The van der Waals surface area contributed by atoms with Gasteiger partial charge in [0.15, 0.2) is 0 Å². The van der Waals surface area contributed by atoms with Crippen LogP contribution < -0.4 is 0 Å². The second-order valence-corrected chi connectivity index (χ2v) is 6.01. The summed E-state index contributed by atoms with van der Waals surface area (Å²) in [7, 11) is 0. The van der Waals surface area contributed by atoms with Crippen LogP contribution in [0.2, 0.25) is 0 Å². The Morgan fingerprint density at radius 2 is 2.00 bits per heavy atom. The standard InChI is InChI=1S/C15H29NO2/c1-2-10-18-14-7-5-9-16(12-14)11-13-6-3-4-8-15(13)17/h13-15,17H,2-12H2,1H3. The number of hydrogen-bond acceptors (Lipinski definition) is 3. The molecule has 2 rings (SSSR count). The SMILES string of the molecule is CCCOC1CCCN(CC2CCCCC2O)C1. The van der Waals surface area contributed by atoms with Crippen molar-refractivity contribution in [2.75, 3.05) is 26.2 Å². The molecule has 1 aliphatic carbocycles. The van der Waals surface area contributed by atoms with E-state index in [0.717, 1.165) is 32.5 Å². The predicted octanol–water partition coefficient (Wildman–Crippen LogP) is 2.43. The van der Waals surface area contributed by atoms with Crippen molar-refractivity contribution >= 4 is 0 Å². The van der Waals surface area contributed by atoms with Gasteiger partial charge < -0.3 is 14.7 Å². The zero-order chi connectivity index (χ0) is 12.8. The van der Waals surface area contributed by atoms with Gasteiger partial charge in [0.05, 0.1) is 12.2 Å². The van der Waals surface area contributed by atoms with Gasteiger partial charge in [-0.25, -0.2) is 0 Å². The van der Waals surface area contributed by atoms with E-state index in [0.29, 0.717) is 12.0 Å². The third-order valence-corrected chi connectivity index (χ3v) is 4.38. The van der Waals surface area contributed by atoms with Crippen LogP contribution in [0.25, 0.3) is 0 Å². The van der Waals surface area contributed by atoms with Gasteiger partial charge in [0.25, 0.3) is 0 Å². The van der Waals surface area contributed by atoms with Crippen LogP contribution in [0.15, 0.2) is 0 Å². The van der Waals surface area contributed by atoms with Crippen molar-refractivity contribution in [1.29, 1.82) is 0 Å². The fourth-order valence-electron chi connectivity index (χ4n) is 3.33. The Hall–Kier alpha value is -0.120. The Morgan fingerprint density at radius 3 is 2.78 bits per heavy atom. The molecule has 0 amide bonds. The molecule has 1 heterocycles. The van der Waals surface area contributed by atoms with Crippen molar-refractivity contribution in [3.05, 3.63) is 0 Å². The summed E-state index contributed by atoms with van der Waals surface area (Å²) in [6.45, 7) is 6.40. The normalized spacial score (nSPS) is 34.7. The third-order valence-electron chi connectivity index (χ3n) is 4.38. The van der Waals surface area contributed by atoms with Crippen molar-refractivity contribution in [2.24, 2.45) is 5.92 Å². The highest BCUT2D eigenvalue weighted by Crippen LogP contribution is 2.26. The maximum Gasteiger partial charge on any atom is 0.0702 e. The molecule has 2 aliphatic rings. The first-order valence-corrected chi connectivity index (χ1v) is 7.81. The van der Waals surface area contributed by atoms with Crippen LogP contribution in [-0.4, -0.2) is 48.5 Å². The Labute approximate surface area is 112 Å². The minimum Gasteiger partial charge on any atom is -0.393 e. The molecule has 1 saturated carbocycles. The average Bonchev–Trinajstić information content (AvgIpc) is 2.40. The quantitative estimate of drug-likeness (QED) is 0.819. The van der Waals surface area contributed by atoms with Crippen molar-refractivity contribution in [1.82, 2.24) is 4.90 Å². The Morgan fingerprint density at radius 1 is 1.17 bits per heavy atom. The van der Waals surface area contributed by atoms with Crippen molar-refractivity contribution in [2.45, 2.75) is 64.1 Å². The van der Waals surface area contributed by atoms with Crippen LogP contribution in [0.3, 0.4) is 0 Å². The minimum absolute atomic E-state index is 0.0595. The first kappa shape index (κ1) is 14.3. The van der Waals surface area contributed by atoms with E-state index in [-0.39, 0.29) is 6.10 Å². The lowest BCUT2D eigenvalue weighted by Gasteiger charge is -2.37. The third kappa shape index (κ3) is 4.22. The fraction of sp³-hybridized carbons (Fsp3) is 1.00. The minimum atomic E-state index is -0.0595. The maximum absolute atomic E-state index is 10.0. The highest BCUT2D eigenvalue weighted by atomic mass is 16.5. The van der Waals surface area contributed by atoms with Gasteiger partial charge in [0.1, 0.15) is 0 Å². The van der Waals surface area contributed by atoms with E-state index in [4.69, 9.17) is 4.74 Å². The van der Waals surface area contributed by atoms with Gasteiger partial charge in [-0.3, -0.25) is 0 Å². The van der Waals surface area contributed by atoms with Crippen LogP contribution in [0.1, 0.15) is 51.9 Å². The van der Waals surface area contributed by atoms with E-state index in [2.05, 4.69) is 11.8 Å². The van der Waals surface area contributed by atoms with Crippen LogP contribution in [0.4, 0.5) is 0 Å². The molecule has 0 radical (unpaired) electrons. The Balaban J connectivity index is 1.74. The molecule has 0 aromatic carbocycles. The zero-order valence-electron chi connectivity index (χ0n) is 11.8. The molecule has 2 fully saturated rings. The monoisotopic (exact) mass is 255 g/mol. The molecule has 3 atom stereocenters. The summed E-state index contributed by atoms with van der Waals surface area (Å²) in [4.78, 5) is 2.52. The predicted molar refractivity (Wildman–Crippen MR) is 73.7 cm³/mol. The Kier molecular flexibility index (Phi) is 5.93. The molecular weight excluding hydrogens is 226 g/mol. The van der Waals surface area contributed by atoms with Gasteiger partial charge in [-0.05, 0) is 44.6 Å². The summed E-state index contributed by atoms with van der Waals surface area (Å²) in [5, 5.41) is 10.0. The fourth-order valence-corrected chi connectivity index (χ4v) is 3.33. The molecule has 0 aromatic rings. The van der Waals surface area contributed by atoms with E-state index < -0.39 is 0 Å². The molecule has 3 unspecified atom stereocenters. The molecule has 1 saturated heterocycles. The first-order chi connectivity index (χ1) is 8.79. The first-order valence-electron chi connectivity index (χ1n) is 7.81. The second kappa shape index (κ2) is 7.46. The molecule has 106 valence electrons. The lowest BCUT2D eigenvalue weighted by Crippen LogP contribution is -2.44. The number of aliphatic hydroxyl groups excluding tert-OH is 1. The summed E-state index contributed by atoms with van der Waals surface area (Å²) in [6, 6.07) is 0. The zero-order valence-corrected chi connectivity index (χ0v) is 11.8. The van der Waals surface area contributed by atoms with Crippen molar-refractivity contribution in [3.8, 4) is 0 Å². The maximum atomic E-state index is 10.0. The highest BCUT2D eigenvalue weighted by Gasteiger charge is 2.27. The number of aliphatic hydroxyl groups is 1. The van der Waals surface area contributed by atoms with Gasteiger partial charge in [0, 0.05) is 19.7 Å². The molecule has 3 heteroatoms. The largest absolute Gasteiger partial charge is 0.393 e. The van der Waals surface area contributed by atoms with Crippen LogP contribution in [0.5, 0.6) is 0 Å². The van der Waals surface area contributed by atoms with Crippen LogP contribution >= 0.6 is 0 Å². The summed E-state index contributed by atoms with van der Waals surface area (Å²) in [5.74, 6) is 0.503.